The molecule has 0 aliphatic carbocycles. The third-order valence-corrected chi connectivity index (χ3v) is 4.19. The number of nitrogens with zero attached hydrogens (tertiary/aromatic N) is 4. The van der Waals surface area contributed by atoms with E-state index < -0.39 is 4.92 Å². The summed E-state index contributed by atoms with van der Waals surface area (Å²) in [7, 11) is 3.14. The number of nitrogens with one attached hydrogen (secondary N) is 1. The van der Waals surface area contributed by atoms with Crippen LogP contribution in [0.15, 0.2) is 30.6 Å². The first-order valence-corrected chi connectivity index (χ1v) is 8.65. The first kappa shape index (κ1) is 20.8. The van der Waals surface area contributed by atoms with Crippen molar-refractivity contribution in [2.75, 3.05) is 50.7 Å². The summed E-state index contributed by atoms with van der Waals surface area (Å²) >= 11 is 6.15. The van der Waals surface area contributed by atoms with Gasteiger partial charge < -0.3 is 19.7 Å². The zero-order valence-corrected chi connectivity index (χ0v) is 16.0. The smallest absolute Gasteiger partial charge is 0.353 e. The minimum absolute atomic E-state index is 0.129. The van der Waals surface area contributed by atoms with Gasteiger partial charge >= 0.3 is 5.69 Å². The van der Waals surface area contributed by atoms with E-state index in [4.69, 9.17) is 21.1 Å². The van der Waals surface area contributed by atoms with Crippen molar-refractivity contribution in [3.63, 3.8) is 0 Å². The van der Waals surface area contributed by atoms with Crippen LogP contribution in [0.3, 0.4) is 0 Å². The summed E-state index contributed by atoms with van der Waals surface area (Å²) in [6.45, 7) is 1.96. The highest BCUT2D eigenvalue weighted by Crippen LogP contribution is 2.32. The molecular formula is C17H22ClN5O4. The number of hydrogen-bond acceptors (Lipinski definition) is 8. The number of halogens is 1. The Balaban J connectivity index is 2.31. The highest BCUT2D eigenvalue weighted by molar-refractivity contribution is 6.31. The second-order valence-electron chi connectivity index (χ2n) is 5.57. The molecule has 0 spiro atoms. The van der Waals surface area contributed by atoms with Crippen LogP contribution in [-0.4, -0.2) is 55.4 Å². The lowest BCUT2D eigenvalue weighted by atomic mass is 10.2. The molecule has 1 aromatic carbocycles. The van der Waals surface area contributed by atoms with Crippen molar-refractivity contribution >= 4 is 28.9 Å². The fraction of sp³-hybridized carbons (Fsp3) is 0.412. The molecule has 0 fully saturated rings. The molecule has 2 aromatic rings. The molecule has 0 amide bonds. The van der Waals surface area contributed by atoms with Gasteiger partial charge in [-0.05, 0) is 11.6 Å². The predicted molar refractivity (Wildman–Crippen MR) is 103 cm³/mol. The summed E-state index contributed by atoms with van der Waals surface area (Å²) in [5.41, 5.74) is 0.612. The summed E-state index contributed by atoms with van der Waals surface area (Å²) in [6, 6.07) is 7.27. The van der Waals surface area contributed by atoms with E-state index in [0.717, 1.165) is 5.56 Å². The summed E-state index contributed by atoms with van der Waals surface area (Å²) in [6.07, 6.45) is 1.30. The number of hydrogen-bond donors (Lipinski definition) is 1. The first-order valence-electron chi connectivity index (χ1n) is 8.28. The molecule has 0 saturated carbocycles. The Morgan fingerprint density at radius 2 is 1.85 bits per heavy atom. The fourth-order valence-corrected chi connectivity index (χ4v) is 2.65. The van der Waals surface area contributed by atoms with Crippen LogP contribution in [0.25, 0.3) is 0 Å². The Labute approximate surface area is 162 Å². The van der Waals surface area contributed by atoms with Crippen LogP contribution in [-0.2, 0) is 16.0 Å². The first-order chi connectivity index (χ1) is 13.1. The van der Waals surface area contributed by atoms with Gasteiger partial charge in [-0.25, -0.2) is 9.97 Å². The average molecular weight is 396 g/mol. The monoisotopic (exact) mass is 395 g/mol. The van der Waals surface area contributed by atoms with Crippen LogP contribution in [0.2, 0.25) is 5.02 Å². The molecule has 0 bridgehead atoms. The molecule has 0 atom stereocenters. The summed E-state index contributed by atoms with van der Waals surface area (Å²) in [5, 5.41) is 15.3. The van der Waals surface area contributed by atoms with E-state index in [-0.39, 0.29) is 17.3 Å². The van der Waals surface area contributed by atoms with Crippen molar-refractivity contribution in [3.8, 4) is 0 Å². The predicted octanol–water partition coefficient (Wildman–Crippen LogP) is 2.75. The molecule has 0 aliphatic rings. The van der Waals surface area contributed by atoms with E-state index in [1.54, 1.807) is 25.2 Å². The molecule has 0 aliphatic heterocycles. The van der Waals surface area contributed by atoms with Crippen LogP contribution in [0.4, 0.5) is 17.3 Å². The fourth-order valence-electron chi connectivity index (χ4n) is 2.45. The van der Waals surface area contributed by atoms with Crippen molar-refractivity contribution in [2.24, 2.45) is 0 Å². The van der Waals surface area contributed by atoms with Crippen LogP contribution in [0.1, 0.15) is 5.56 Å². The molecule has 2 rings (SSSR count). The molecule has 146 valence electrons. The van der Waals surface area contributed by atoms with Crippen LogP contribution >= 0.6 is 11.6 Å². The van der Waals surface area contributed by atoms with Gasteiger partial charge in [0.05, 0.1) is 18.1 Å². The Hall–Kier alpha value is -2.49. The van der Waals surface area contributed by atoms with Gasteiger partial charge in [0.2, 0.25) is 11.6 Å². The maximum atomic E-state index is 11.7. The Morgan fingerprint density at radius 1 is 1.19 bits per heavy atom. The molecule has 10 heteroatoms. The summed E-state index contributed by atoms with van der Waals surface area (Å²) < 4.78 is 10.2. The van der Waals surface area contributed by atoms with E-state index in [0.29, 0.717) is 37.9 Å². The topological polar surface area (TPSA) is 103 Å². The third kappa shape index (κ3) is 5.75. The normalized spacial score (nSPS) is 10.6. The average Bonchev–Trinajstić information content (AvgIpc) is 2.67. The molecule has 27 heavy (non-hydrogen) atoms. The van der Waals surface area contributed by atoms with Crippen molar-refractivity contribution in [2.45, 2.75) is 6.54 Å². The lowest BCUT2D eigenvalue weighted by Gasteiger charge is -2.23. The van der Waals surface area contributed by atoms with Gasteiger partial charge in [-0.1, -0.05) is 29.8 Å². The highest BCUT2D eigenvalue weighted by Gasteiger charge is 2.27. The molecule has 1 heterocycles. The minimum Gasteiger partial charge on any atom is -0.383 e. The van der Waals surface area contributed by atoms with Gasteiger partial charge in [0, 0.05) is 38.9 Å². The van der Waals surface area contributed by atoms with Gasteiger partial charge in [-0.3, -0.25) is 10.1 Å². The molecule has 0 radical (unpaired) electrons. The second kappa shape index (κ2) is 10.6. The molecule has 0 saturated heterocycles. The van der Waals surface area contributed by atoms with Crippen LogP contribution < -0.4 is 10.2 Å². The maximum absolute atomic E-state index is 11.7. The molecule has 0 unspecified atom stereocenters. The lowest BCUT2D eigenvalue weighted by Crippen LogP contribution is -2.32. The lowest BCUT2D eigenvalue weighted by molar-refractivity contribution is -0.383. The molecule has 1 N–H and O–H groups in total. The van der Waals surface area contributed by atoms with Gasteiger partial charge in [-0.2, -0.15) is 0 Å². The maximum Gasteiger partial charge on any atom is 0.353 e. The quantitative estimate of drug-likeness (QED) is 0.457. The van der Waals surface area contributed by atoms with E-state index in [9.17, 15) is 10.1 Å². The summed E-state index contributed by atoms with van der Waals surface area (Å²) in [4.78, 5) is 21.2. The Kier molecular flexibility index (Phi) is 8.18. The van der Waals surface area contributed by atoms with Gasteiger partial charge in [0.1, 0.15) is 6.33 Å². The van der Waals surface area contributed by atoms with Crippen LogP contribution in [0, 0.1) is 10.1 Å². The number of aromatic nitrogens is 2. The highest BCUT2D eigenvalue weighted by atomic mass is 35.5. The van der Waals surface area contributed by atoms with Gasteiger partial charge in [0.25, 0.3) is 0 Å². The second-order valence-corrected chi connectivity index (χ2v) is 5.98. The molecule has 9 nitrogen and oxygen atoms in total. The standard InChI is InChI=1S/C17H22ClN5O4/c1-26-9-7-22(8-10-27-2)17-15(23(24)25)16(20-12-21-17)19-11-13-5-3-4-6-14(13)18/h3-6,12H,7-11H2,1-2H3,(H,19,20,21). The van der Waals surface area contributed by atoms with Crippen molar-refractivity contribution in [3.05, 3.63) is 51.3 Å². The number of benzene rings is 1. The van der Waals surface area contributed by atoms with E-state index in [2.05, 4.69) is 15.3 Å². The minimum atomic E-state index is -0.489. The third-order valence-electron chi connectivity index (χ3n) is 3.82. The number of ether oxygens (including phenoxy) is 2. The van der Waals surface area contributed by atoms with Crippen LogP contribution in [0.5, 0.6) is 0 Å². The van der Waals surface area contributed by atoms with E-state index in [1.165, 1.54) is 6.33 Å². The SMILES string of the molecule is COCCN(CCOC)c1ncnc(NCc2ccccc2Cl)c1[N+](=O)[O-]. The van der Waals surface area contributed by atoms with Crippen molar-refractivity contribution in [1.82, 2.24) is 9.97 Å². The number of rotatable bonds is 11. The molecular weight excluding hydrogens is 374 g/mol. The zero-order valence-electron chi connectivity index (χ0n) is 15.2. The van der Waals surface area contributed by atoms with E-state index >= 15 is 0 Å². The zero-order chi connectivity index (χ0) is 19.6. The van der Waals surface area contributed by atoms with Gasteiger partial charge in [0.15, 0.2) is 0 Å². The largest absolute Gasteiger partial charge is 0.383 e. The number of nitro groups is 1. The van der Waals surface area contributed by atoms with Gasteiger partial charge in [-0.15, -0.1) is 0 Å². The number of anilines is 2. The van der Waals surface area contributed by atoms with Crippen molar-refractivity contribution < 1.29 is 14.4 Å². The summed E-state index contributed by atoms with van der Waals surface area (Å²) in [5.74, 6) is 0.343. The van der Waals surface area contributed by atoms with E-state index in [1.807, 2.05) is 18.2 Å². The Bertz CT molecular complexity index is 754. The van der Waals surface area contributed by atoms with Crippen molar-refractivity contribution in [1.29, 1.82) is 0 Å². The Morgan fingerprint density at radius 3 is 2.44 bits per heavy atom. The number of methoxy groups -OCH3 is 2. The molecule has 1 aromatic heterocycles.